The molecule has 1 saturated heterocycles. The summed E-state index contributed by atoms with van der Waals surface area (Å²) >= 11 is 1.44. The van der Waals surface area contributed by atoms with Gasteiger partial charge in [-0.2, -0.15) is 0 Å². The molecule has 0 saturated carbocycles. The first kappa shape index (κ1) is 13.8. The number of nitrogens with two attached hydrogens (primary N) is 1. The summed E-state index contributed by atoms with van der Waals surface area (Å²) in [5.41, 5.74) is 5.68. The van der Waals surface area contributed by atoms with Crippen molar-refractivity contribution in [3.8, 4) is 10.9 Å². The molecule has 2 heterocycles. The molecule has 2 aromatic rings. The Labute approximate surface area is 126 Å². The minimum absolute atomic E-state index is 0.348. The summed E-state index contributed by atoms with van der Waals surface area (Å²) in [6.45, 7) is 3.14. The number of amides is 1. The molecule has 0 spiro atoms. The molecule has 2 N–H and O–H groups in total. The monoisotopic (exact) mass is 305 g/mol. The molecule has 7 heteroatoms. The van der Waals surface area contributed by atoms with Gasteiger partial charge in [-0.1, -0.05) is 23.5 Å². The van der Waals surface area contributed by atoms with E-state index in [0.717, 1.165) is 31.3 Å². The van der Waals surface area contributed by atoms with Crippen molar-refractivity contribution in [2.24, 2.45) is 5.73 Å². The van der Waals surface area contributed by atoms with E-state index in [4.69, 9.17) is 15.2 Å². The first-order chi connectivity index (χ1) is 10.2. The van der Waals surface area contributed by atoms with Crippen LogP contribution >= 0.6 is 11.3 Å². The van der Waals surface area contributed by atoms with E-state index in [1.54, 1.807) is 30.5 Å². The van der Waals surface area contributed by atoms with E-state index in [9.17, 15) is 4.79 Å². The van der Waals surface area contributed by atoms with Gasteiger partial charge in [0.05, 0.1) is 25.0 Å². The van der Waals surface area contributed by atoms with Crippen LogP contribution < -0.4 is 15.4 Å². The van der Waals surface area contributed by atoms with Crippen LogP contribution in [0.3, 0.4) is 0 Å². The minimum atomic E-state index is -0.518. The number of ether oxygens (including phenoxy) is 2. The number of primary amides is 1. The second-order valence-electron chi connectivity index (χ2n) is 4.53. The maximum absolute atomic E-state index is 11.4. The number of hydrogen-bond donors (Lipinski definition) is 1. The zero-order chi connectivity index (χ0) is 14.7. The molecule has 1 aromatic heterocycles. The van der Waals surface area contributed by atoms with Gasteiger partial charge in [0.15, 0.2) is 0 Å². The lowest BCUT2D eigenvalue weighted by Crippen LogP contribution is -2.35. The average molecular weight is 305 g/mol. The van der Waals surface area contributed by atoms with E-state index in [1.165, 1.54) is 11.3 Å². The number of carbonyl (C=O) groups excluding carboxylic acids is 1. The largest absolute Gasteiger partial charge is 0.430 e. The van der Waals surface area contributed by atoms with Gasteiger partial charge in [-0.05, 0) is 12.1 Å². The maximum Gasteiger partial charge on any atom is 0.280 e. The van der Waals surface area contributed by atoms with Gasteiger partial charge in [0, 0.05) is 13.1 Å². The Morgan fingerprint density at radius 2 is 2.10 bits per heavy atom. The molecule has 1 fully saturated rings. The summed E-state index contributed by atoms with van der Waals surface area (Å²) in [6, 6.07) is 6.87. The second kappa shape index (κ2) is 6.11. The number of carbonyl (C=O) groups is 1. The Balaban J connectivity index is 1.77. The summed E-state index contributed by atoms with van der Waals surface area (Å²) < 4.78 is 11.0. The lowest BCUT2D eigenvalue weighted by molar-refractivity contribution is 0.0998. The lowest BCUT2D eigenvalue weighted by atomic mass is 10.2. The molecule has 6 nitrogen and oxygen atoms in total. The van der Waals surface area contributed by atoms with E-state index < -0.39 is 5.91 Å². The van der Waals surface area contributed by atoms with Crippen LogP contribution in [0.2, 0.25) is 0 Å². The molecule has 0 atom stereocenters. The molecule has 0 aliphatic carbocycles. The third kappa shape index (κ3) is 3.14. The van der Waals surface area contributed by atoms with Crippen LogP contribution in [-0.2, 0) is 4.74 Å². The molecule has 0 bridgehead atoms. The number of morpholine rings is 1. The van der Waals surface area contributed by atoms with Gasteiger partial charge in [0.1, 0.15) is 10.8 Å². The van der Waals surface area contributed by atoms with Gasteiger partial charge in [-0.25, -0.2) is 4.98 Å². The van der Waals surface area contributed by atoms with Crippen molar-refractivity contribution in [2.75, 3.05) is 31.2 Å². The highest BCUT2D eigenvalue weighted by Gasteiger charge is 2.16. The molecule has 1 amide bonds. The van der Waals surface area contributed by atoms with Crippen LogP contribution in [-0.4, -0.2) is 37.2 Å². The van der Waals surface area contributed by atoms with E-state index in [0.29, 0.717) is 16.5 Å². The number of benzene rings is 1. The van der Waals surface area contributed by atoms with Crippen molar-refractivity contribution in [1.82, 2.24) is 4.98 Å². The van der Waals surface area contributed by atoms with Crippen LogP contribution in [0.1, 0.15) is 10.4 Å². The fourth-order valence-corrected chi connectivity index (χ4v) is 2.91. The first-order valence-electron chi connectivity index (χ1n) is 6.59. The first-order valence-corrected chi connectivity index (χ1v) is 7.41. The van der Waals surface area contributed by atoms with Gasteiger partial charge in [0.2, 0.25) is 0 Å². The predicted octanol–water partition coefficient (Wildman–Crippen LogP) is 1.87. The van der Waals surface area contributed by atoms with Gasteiger partial charge in [-0.15, -0.1) is 0 Å². The van der Waals surface area contributed by atoms with Gasteiger partial charge >= 0.3 is 0 Å². The van der Waals surface area contributed by atoms with Crippen LogP contribution in [0.25, 0.3) is 0 Å². The summed E-state index contributed by atoms with van der Waals surface area (Å²) in [7, 11) is 0. The Morgan fingerprint density at radius 3 is 2.86 bits per heavy atom. The molecule has 1 aliphatic rings. The van der Waals surface area contributed by atoms with Crippen molar-refractivity contribution < 1.29 is 14.3 Å². The van der Waals surface area contributed by atoms with E-state index >= 15 is 0 Å². The number of para-hydroxylation sites is 1. The smallest absolute Gasteiger partial charge is 0.280 e. The van der Waals surface area contributed by atoms with Crippen molar-refractivity contribution >= 4 is 22.2 Å². The molecule has 1 aliphatic heterocycles. The average Bonchev–Trinajstić information content (AvgIpc) is 2.97. The van der Waals surface area contributed by atoms with E-state index in [1.807, 2.05) is 0 Å². The van der Waals surface area contributed by atoms with Crippen molar-refractivity contribution in [1.29, 1.82) is 0 Å². The SMILES string of the molecule is NC(=O)c1ccccc1Oc1ncc(N2CCOCC2)s1. The van der Waals surface area contributed by atoms with Gasteiger partial charge < -0.3 is 20.1 Å². The highest BCUT2D eigenvalue weighted by Crippen LogP contribution is 2.33. The number of aromatic nitrogens is 1. The standard InChI is InChI=1S/C14H15N3O3S/c15-13(18)10-3-1-2-4-11(10)20-14-16-9-12(21-14)17-5-7-19-8-6-17/h1-4,9H,5-8H2,(H2,15,18). The summed E-state index contributed by atoms with van der Waals surface area (Å²) in [5.74, 6) is -0.0940. The molecular weight excluding hydrogens is 290 g/mol. The Kier molecular flexibility index (Phi) is 4.03. The fraction of sp³-hybridized carbons (Fsp3) is 0.286. The Hall–Kier alpha value is -2.12. The van der Waals surface area contributed by atoms with Crippen LogP contribution in [0, 0.1) is 0 Å². The topological polar surface area (TPSA) is 77.7 Å². The van der Waals surface area contributed by atoms with E-state index in [2.05, 4.69) is 9.88 Å². The molecule has 1 aromatic carbocycles. The molecule has 110 valence electrons. The summed E-state index contributed by atoms with van der Waals surface area (Å²) in [5, 5.41) is 1.52. The summed E-state index contributed by atoms with van der Waals surface area (Å²) in [6.07, 6.45) is 1.78. The highest BCUT2D eigenvalue weighted by molar-refractivity contribution is 7.17. The zero-order valence-electron chi connectivity index (χ0n) is 11.3. The fourth-order valence-electron chi connectivity index (χ4n) is 2.08. The number of nitrogens with zero attached hydrogens (tertiary/aromatic N) is 2. The Bertz CT molecular complexity index is 638. The second-order valence-corrected chi connectivity index (χ2v) is 5.50. The Morgan fingerprint density at radius 1 is 1.33 bits per heavy atom. The number of thiazole rings is 1. The van der Waals surface area contributed by atoms with Gasteiger partial charge in [-0.3, -0.25) is 4.79 Å². The molecule has 0 radical (unpaired) electrons. The van der Waals surface area contributed by atoms with Crippen molar-refractivity contribution in [3.05, 3.63) is 36.0 Å². The van der Waals surface area contributed by atoms with Crippen LogP contribution in [0.4, 0.5) is 5.00 Å². The highest BCUT2D eigenvalue weighted by atomic mass is 32.1. The maximum atomic E-state index is 11.4. The third-order valence-electron chi connectivity index (χ3n) is 3.14. The van der Waals surface area contributed by atoms with Crippen molar-refractivity contribution in [2.45, 2.75) is 0 Å². The number of hydrogen-bond acceptors (Lipinski definition) is 6. The number of anilines is 1. The van der Waals surface area contributed by atoms with Gasteiger partial charge in [0.25, 0.3) is 11.1 Å². The lowest BCUT2D eigenvalue weighted by Gasteiger charge is -2.26. The molecule has 3 rings (SSSR count). The van der Waals surface area contributed by atoms with E-state index in [-0.39, 0.29) is 0 Å². The predicted molar refractivity (Wildman–Crippen MR) is 80.2 cm³/mol. The van der Waals surface area contributed by atoms with Crippen LogP contribution in [0.15, 0.2) is 30.5 Å². The number of rotatable bonds is 4. The molecule has 21 heavy (non-hydrogen) atoms. The zero-order valence-corrected chi connectivity index (χ0v) is 12.1. The third-order valence-corrected chi connectivity index (χ3v) is 4.08. The van der Waals surface area contributed by atoms with Crippen molar-refractivity contribution in [3.63, 3.8) is 0 Å². The quantitative estimate of drug-likeness (QED) is 0.933. The molecule has 0 unspecified atom stereocenters. The normalized spacial score (nSPS) is 15.0. The molecular formula is C14H15N3O3S. The van der Waals surface area contributed by atoms with Crippen LogP contribution in [0.5, 0.6) is 10.9 Å². The summed E-state index contributed by atoms with van der Waals surface area (Å²) in [4.78, 5) is 17.8. The minimum Gasteiger partial charge on any atom is -0.430 e.